The number of nitrogens with zero attached hydrogens (tertiary/aromatic N) is 1. The van der Waals surface area contributed by atoms with Gasteiger partial charge < -0.3 is 18.9 Å². The summed E-state index contributed by atoms with van der Waals surface area (Å²) >= 11 is 0. The number of hydrogen-bond acceptors (Lipinski definition) is 6. The average Bonchev–Trinajstić information content (AvgIpc) is 3.31. The molecule has 0 aliphatic heterocycles. The summed E-state index contributed by atoms with van der Waals surface area (Å²) in [6.45, 7) is 5.26. The molecule has 2 unspecified atom stereocenters. The number of unbranched alkanes of at least 4 members (excludes halogenated alkanes) is 9. The number of allylic oxidation sites excluding steroid dienone is 24. The van der Waals surface area contributed by atoms with E-state index < -0.39 is 13.9 Å². The lowest BCUT2D eigenvalue weighted by atomic mass is 10.1. The number of likely N-dealkylation sites (N-methyl/N-ethyl adjacent to an activating group) is 1. The maximum atomic E-state index is 12.8. The molecule has 8 nitrogen and oxygen atoms in total. The Hall–Kier alpha value is -3.62. The second-order valence-corrected chi connectivity index (χ2v) is 19.6. The number of carbonyl (C=O) groups is 1. The standard InChI is InChI=1S/C60H98NO7P/c1-6-8-10-12-14-16-18-20-22-24-26-28-29-30-31-32-34-36-38-40-42-44-46-48-50-52-55-65-57-59(58-67-69(63,64)66-56-54-61(3,4)5)68-60(62)53-51-49-47-45-43-41-39-37-35-33-27-25-23-21-19-17-15-13-11-9-7-2/h8-11,14-17,20-23,26-28,30-31,33-34,36-37,39-40,42,59H,6-7,12-13,18-19,24-25,29,32,35,38,41,43-58H2,1-5H3/p+1/b10-8-,11-9-,16-14-,17-15-,22-20-,23-21-,28-26-,31-30-,33-27-,36-34-,39-37-,42-40-. The summed E-state index contributed by atoms with van der Waals surface area (Å²) in [4.78, 5) is 23.0. The fraction of sp³-hybridized carbons (Fsp3) is 0.583. The molecule has 0 amide bonds. The summed E-state index contributed by atoms with van der Waals surface area (Å²) in [5.41, 5.74) is 0. The SMILES string of the molecule is CC/C=C\C/C=C\C/C=C\C/C=C\C/C=C\C/C=C\C/C=C\CCCCCCOCC(COP(=O)(O)OCC[N+](C)(C)C)OC(=O)CCCCCCC/C=C\C/C=C\C/C=C\C/C=C\C/C=C\CC. The Morgan fingerprint density at radius 1 is 0.449 bits per heavy atom. The number of phosphoric acid groups is 1. The van der Waals surface area contributed by atoms with Gasteiger partial charge in [-0.15, -0.1) is 0 Å². The van der Waals surface area contributed by atoms with Gasteiger partial charge in [-0.05, 0) is 116 Å². The van der Waals surface area contributed by atoms with E-state index in [1.54, 1.807) is 0 Å². The van der Waals surface area contributed by atoms with E-state index in [1.165, 1.54) is 0 Å². The molecule has 1 N–H and O–H groups in total. The van der Waals surface area contributed by atoms with Crippen molar-refractivity contribution in [2.75, 3.05) is 54.1 Å². The molecule has 2 atom stereocenters. The fourth-order valence-corrected chi connectivity index (χ4v) is 7.12. The van der Waals surface area contributed by atoms with Gasteiger partial charge in [0.1, 0.15) is 19.3 Å². The smallest absolute Gasteiger partial charge is 0.457 e. The molecule has 0 saturated carbocycles. The van der Waals surface area contributed by atoms with Crippen molar-refractivity contribution in [2.24, 2.45) is 0 Å². The second-order valence-electron chi connectivity index (χ2n) is 18.1. The van der Waals surface area contributed by atoms with Crippen LogP contribution >= 0.6 is 7.82 Å². The first kappa shape index (κ1) is 65.4. The second kappa shape index (κ2) is 50.8. The van der Waals surface area contributed by atoms with Crippen LogP contribution in [0.2, 0.25) is 0 Å². The third kappa shape index (κ3) is 55.2. The van der Waals surface area contributed by atoms with E-state index in [9.17, 15) is 14.3 Å². The number of phosphoric ester groups is 1. The first-order valence-electron chi connectivity index (χ1n) is 26.6. The molecule has 0 heterocycles. The van der Waals surface area contributed by atoms with Gasteiger partial charge in [0, 0.05) is 13.0 Å². The highest BCUT2D eigenvalue weighted by Gasteiger charge is 2.26. The largest absolute Gasteiger partial charge is 0.472 e. The van der Waals surface area contributed by atoms with E-state index >= 15 is 0 Å². The van der Waals surface area contributed by atoms with Gasteiger partial charge in [-0.3, -0.25) is 13.8 Å². The Labute approximate surface area is 423 Å². The summed E-state index contributed by atoms with van der Waals surface area (Å²) < 4.78 is 35.1. The quantitative estimate of drug-likeness (QED) is 0.0214. The fourth-order valence-electron chi connectivity index (χ4n) is 6.38. The predicted molar refractivity (Wildman–Crippen MR) is 297 cm³/mol. The third-order valence-corrected chi connectivity index (χ3v) is 11.4. The van der Waals surface area contributed by atoms with E-state index in [0.29, 0.717) is 17.6 Å². The van der Waals surface area contributed by atoms with Crippen molar-refractivity contribution >= 4 is 13.8 Å². The third-order valence-electron chi connectivity index (χ3n) is 10.4. The van der Waals surface area contributed by atoms with Crippen molar-refractivity contribution in [3.8, 4) is 0 Å². The average molecular weight is 977 g/mol. The molecule has 0 aromatic rings. The van der Waals surface area contributed by atoms with Crippen LogP contribution in [-0.2, 0) is 27.9 Å². The Balaban J connectivity index is 4.29. The van der Waals surface area contributed by atoms with Gasteiger partial charge in [-0.25, -0.2) is 4.57 Å². The van der Waals surface area contributed by atoms with Crippen molar-refractivity contribution in [3.05, 3.63) is 146 Å². The molecule has 0 aromatic carbocycles. The van der Waals surface area contributed by atoms with Crippen molar-refractivity contribution < 1.29 is 37.3 Å². The van der Waals surface area contributed by atoms with Gasteiger partial charge in [-0.2, -0.15) is 0 Å². The Morgan fingerprint density at radius 2 is 0.797 bits per heavy atom. The summed E-state index contributed by atoms with van der Waals surface area (Å²) in [7, 11) is 1.61. The molecule has 0 rings (SSSR count). The highest BCUT2D eigenvalue weighted by molar-refractivity contribution is 7.47. The Bertz CT molecular complexity index is 1600. The predicted octanol–water partition coefficient (Wildman–Crippen LogP) is 16.8. The van der Waals surface area contributed by atoms with Crippen LogP contribution in [0.15, 0.2) is 146 Å². The van der Waals surface area contributed by atoms with Crippen LogP contribution in [-0.4, -0.2) is 75.6 Å². The molecule has 69 heavy (non-hydrogen) atoms. The van der Waals surface area contributed by atoms with Crippen molar-refractivity contribution in [3.63, 3.8) is 0 Å². The van der Waals surface area contributed by atoms with Crippen molar-refractivity contribution in [1.29, 1.82) is 0 Å². The Kier molecular flexibility index (Phi) is 48.1. The number of esters is 1. The normalized spacial score (nSPS) is 14.7. The van der Waals surface area contributed by atoms with E-state index in [4.69, 9.17) is 18.5 Å². The van der Waals surface area contributed by atoms with Crippen LogP contribution < -0.4 is 0 Å². The lowest BCUT2D eigenvalue weighted by molar-refractivity contribution is -0.870. The van der Waals surface area contributed by atoms with Crippen molar-refractivity contribution in [1.82, 2.24) is 0 Å². The first-order chi connectivity index (χ1) is 33.6. The topological polar surface area (TPSA) is 91.3 Å². The van der Waals surface area contributed by atoms with Crippen LogP contribution in [0.4, 0.5) is 0 Å². The van der Waals surface area contributed by atoms with Gasteiger partial charge in [0.05, 0.1) is 34.4 Å². The molecule has 0 bridgehead atoms. The summed E-state index contributed by atoms with van der Waals surface area (Å²) in [6.07, 6.45) is 76.1. The van der Waals surface area contributed by atoms with Gasteiger partial charge in [0.25, 0.3) is 0 Å². The zero-order chi connectivity index (χ0) is 50.5. The van der Waals surface area contributed by atoms with E-state index in [2.05, 4.69) is 160 Å². The number of ether oxygens (including phenoxy) is 2. The first-order valence-corrected chi connectivity index (χ1v) is 28.1. The molecule has 0 saturated heterocycles. The molecule has 0 aliphatic rings. The van der Waals surface area contributed by atoms with Gasteiger partial charge in [0.2, 0.25) is 0 Å². The lowest BCUT2D eigenvalue weighted by Gasteiger charge is -2.24. The summed E-state index contributed by atoms with van der Waals surface area (Å²) in [5.74, 6) is -0.349. The lowest BCUT2D eigenvalue weighted by Crippen LogP contribution is -2.37. The number of rotatable bonds is 47. The molecular weight excluding hydrogens is 878 g/mol. The van der Waals surface area contributed by atoms with Crippen LogP contribution in [0.3, 0.4) is 0 Å². The van der Waals surface area contributed by atoms with Crippen LogP contribution in [0.1, 0.15) is 168 Å². The minimum absolute atomic E-state index is 0.0693. The molecule has 0 aliphatic carbocycles. The van der Waals surface area contributed by atoms with E-state index in [1.807, 2.05) is 21.1 Å². The zero-order valence-electron chi connectivity index (χ0n) is 44.2. The van der Waals surface area contributed by atoms with Crippen LogP contribution in [0.25, 0.3) is 0 Å². The molecule has 390 valence electrons. The highest BCUT2D eigenvalue weighted by atomic mass is 31.2. The molecular formula is C60H99NO7P+. The minimum Gasteiger partial charge on any atom is -0.457 e. The minimum atomic E-state index is -4.31. The van der Waals surface area contributed by atoms with Crippen LogP contribution in [0.5, 0.6) is 0 Å². The maximum absolute atomic E-state index is 12.8. The van der Waals surface area contributed by atoms with Gasteiger partial charge in [0.15, 0.2) is 0 Å². The number of hydrogen-bond donors (Lipinski definition) is 1. The highest BCUT2D eigenvalue weighted by Crippen LogP contribution is 2.43. The van der Waals surface area contributed by atoms with Gasteiger partial charge in [-0.1, -0.05) is 192 Å². The van der Waals surface area contributed by atoms with E-state index in [-0.39, 0.29) is 32.2 Å². The monoisotopic (exact) mass is 977 g/mol. The molecule has 0 aromatic heterocycles. The van der Waals surface area contributed by atoms with Crippen molar-refractivity contribution in [2.45, 2.75) is 174 Å². The molecule has 0 radical (unpaired) electrons. The number of carbonyl (C=O) groups excluding carboxylic acids is 1. The van der Waals surface area contributed by atoms with E-state index in [0.717, 1.165) is 148 Å². The maximum Gasteiger partial charge on any atom is 0.472 e. The van der Waals surface area contributed by atoms with Crippen LogP contribution in [0, 0.1) is 0 Å². The van der Waals surface area contributed by atoms with Gasteiger partial charge >= 0.3 is 13.8 Å². The molecule has 0 fully saturated rings. The zero-order valence-corrected chi connectivity index (χ0v) is 45.1. The Morgan fingerprint density at radius 3 is 1.19 bits per heavy atom. The summed E-state index contributed by atoms with van der Waals surface area (Å²) in [5, 5.41) is 0. The summed E-state index contributed by atoms with van der Waals surface area (Å²) in [6, 6.07) is 0. The molecule has 0 spiro atoms. The molecule has 9 heteroatoms. The number of quaternary nitrogens is 1.